The predicted molar refractivity (Wildman–Crippen MR) is 121 cm³/mol. The van der Waals surface area contributed by atoms with Crippen molar-refractivity contribution in [3.05, 3.63) is 133 Å². The van der Waals surface area contributed by atoms with Gasteiger partial charge in [-0.1, -0.05) is 121 Å². The van der Waals surface area contributed by atoms with Crippen LogP contribution in [0.4, 0.5) is 0 Å². The van der Waals surface area contributed by atoms with Gasteiger partial charge in [0.25, 0.3) is 0 Å². The first-order valence-corrected chi connectivity index (χ1v) is 9.82. The monoisotopic (exact) mass is 384 g/mol. The van der Waals surface area contributed by atoms with Crippen LogP contribution in [0.5, 0.6) is 0 Å². The van der Waals surface area contributed by atoms with Crippen LogP contribution in [0.2, 0.25) is 0 Å². The third-order valence-corrected chi connectivity index (χ3v) is 4.66. The maximum atomic E-state index is 6.24. The van der Waals surface area contributed by atoms with Gasteiger partial charge in [-0.05, 0) is 18.2 Å². The Morgan fingerprint density at radius 1 is 0.655 bits per heavy atom. The lowest BCUT2D eigenvalue weighted by Crippen LogP contribution is -2.36. The molecular formula is C26H28N2O. The Balaban J connectivity index is 1.91. The van der Waals surface area contributed by atoms with Crippen molar-refractivity contribution in [1.29, 1.82) is 0 Å². The summed E-state index contributed by atoms with van der Waals surface area (Å²) in [7, 11) is 4.08. The molecule has 0 N–H and O–H groups in total. The van der Waals surface area contributed by atoms with Crippen LogP contribution in [0.3, 0.4) is 0 Å². The van der Waals surface area contributed by atoms with Gasteiger partial charge in [0.2, 0.25) is 0 Å². The highest BCUT2D eigenvalue weighted by Crippen LogP contribution is 2.34. The number of rotatable bonds is 2. The van der Waals surface area contributed by atoms with Crippen LogP contribution in [0.15, 0.2) is 127 Å². The zero-order chi connectivity index (χ0) is 20.3. The maximum Gasteiger partial charge on any atom is 0.159 e. The van der Waals surface area contributed by atoms with Crippen LogP contribution < -0.4 is 0 Å². The minimum atomic E-state index is -0.166. The summed E-state index contributed by atoms with van der Waals surface area (Å²) in [4.78, 5) is 8.48. The van der Waals surface area contributed by atoms with E-state index in [0.717, 1.165) is 11.1 Å². The molecule has 1 saturated heterocycles. The van der Waals surface area contributed by atoms with E-state index in [0.29, 0.717) is 0 Å². The van der Waals surface area contributed by atoms with Crippen molar-refractivity contribution < 1.29 is 4.84 Å². The SMILES string of the molecule is CN1OC(c2ccccccccc2)N(C)C1C1=CC=CC=CC=CC=CC=C1. The Hall–Kier alpha value is -2.98. The summed E-state index contributed by atoms with van der Waals surface area (Å²) in [6.45, 7) is 0. The van der Waals surface area contributed by atoms with Gasteiger partial charge in [0.15, 0.2) is 6.23 Å². The molecule has 0 aromatic heterocycles. The van der Waals surface area contributed by atoms with Crippen molar-refractivity contribution in [2.75, 3.05) is 14.1 Å². The first-order valence-electron chi connectivity index (χ1n) is 9.82. The van der Waals surface area contributed by atoms with Gasteiger partial charge in [-0.2, -0.15) is 5.06 Å². The molecule has 1 aromatic rings. The standard InChI is InChI=1S/C26H28N2O/c1-27-25(23-19-15-11-7-4-3-5-8-12-16-20-23)28(2)29-26(27)24-21-17-13-9-6-10-14-18-22-24/h3-22,25-26H,1-2H3. The molecule has 3 rings (SSSR count). The van der Waals surface area contributed by atoms with E-state index in [1.165, 1.54) is 0 Å². The molecule has 2 unspecified atom stereocenters. The molecule has 1 aliphatic heterocycles. The highest BCUT2D eigenvalue weighted by molar-refractivity contribution is 5.33. The summed E-state index contributed by atoms with van der Waals surface area (Å²) in [5.74, 6) is 0. The highest BCUT2D eigenvalue weighted by Gasteiger charge is 2.38. The second-order valence-electron chi connectivity index (χ2n) is 6.79. The van der Waals surface area contributed by atoms with Gasteiger partial charge in [-0.15, -0.1) is 0 Å². The summed E-state index contributed by atoms with van der Waals surface area (Å²) in [5, 5.41) is 1.92. The average molecular weight is 385 g/mol. The molecule has 0 spiro atoms. The van der Waals surface area contributed by atoms with E-state index in [1.54, 1.807) is 0 Å². The van der Waals surface area contributed by atoms with Crippen LogP contribution in [-0.2, 0) is 4.84 Å². The Morgan fingerprint density at radius 3 is 1.79 bits per heavy atom. The third-order valence-electron chi connectivity index (χ3n) is 4.66. The predicted octanol–water partition coefficient (Wildman–Crippen LogP) is 5.67. The minimum absolute atomic E-state index is 0.000820. The molecule has 1 heterocycles. The fourth-order valence-electron chi connectivity index (χ4n) is 3.30. The zero-order valence-electron chi connectivity index (χ0n) is 17.0. The number of likely N-dealkylation sites (N-methyl/N-ethyl adjacent to an activating group) is 2. The Morgan fingerprint density at radius 2 is 1.17 bits per heavy atom. The fourth-order valence-corrected chi connectivity index (χ4v) is 3.30. The second-order valence-corrected chi connectivity index (χ2v) is 6.79. The smallest absolute Gasteiger partial charge is 0.159 e. The highest BCUT2D eigenvalue weighted by atomic mass is 16.7. The van der Waals surface area contributed by atoms with E-state index in [-0.39, 0.29) is 12.4 Å². The molecule has 1 aliphatic carbocycles. The lowest BCUT2D eigenvalue weighted by molar-refractivity contribution is -0.143. The van der Waals surface area contributed by atoms with Crippen LogP contribution in [0.1, 0.15) is 11.8 Å². The Labute approximate surface area is 174 Å². The molecular weight excluding hydrogens is 356 g/mol. The third kappa shape index (κ3) is 6.00. The van der Waals surface area contributed by atoms with Crippen molar-refractivity contribution in [2.45, 2.75) is 12.4 Å². The number of allylic oxidation sites excluding steroid dienone is 10. The fraction of sp³-hybridized carbons (Fsp3) is 0.154. The van der Waals surface area contributed by atoms with Crippen LogP contribution in [0, 0.1) is 0 Å². The van der Waals surface area contributed by atoms with Crippen molar-refractivity contribution in [3.63, 3.8) is 0 Å². The first kappa shape index (κ1) is 20.7. The molecule has 2 atom stereocenters. The lowest BCUT2D eigenvalue weighted by atomic mass is 10.1. The van der Waals surface area contributed by atoms with Gasteiger partial charge in [-0.25, -0.2) is 0 Å². The summed E-state index contributed by atoms with van der Waals surface area (Å²) >= 11 is 0. The van der Waals surface area contributed by atoms with Gasteiger partial charge < -0.3 is 0 Å². The number of nitrogens with zero attached hydrogens (tertiary/aromatic N) is 2. The van der Waals surface area contributed by atoms with E-state index < -0.39 is 0 Å². The molecule has 0 amide bonds. The van der Waals surface area contributed by atoms with E-state index in [2.05, 4.69) is 48.4 Å². The molecule has 0 radical (unpaired) electrons. The largest absolute Gasteiger partial charge is 0.273 e. The van der Waals surface area contributed by atoms with Crippen molar-refractivity contribution in [2.24, 2.45) is 0 Å². The van der Waals surface area contributed by atoms with E-state index in [9.17, 15) is 0 Å². The summed E-state index contributed by atoms with van der Waals surface area (Å²) in [6, 6.07) is 18.4. The van der Waals surface area contributed by atoms with Crippen LogP contribution >= 0.6 is 0 Å². The maximum absolute atomic E-state index is 6.24. The molecule has 2 aliphatic rings. The topological polar surface area (TPSA) is 15.7 Å². The second kappa shape index (κ2) is 11.1. The van der Waals surface area contributed by atoms with Crippen LogP contribution in [0.25, 0.3) is 0 Å². The molecule has 1 aromatic carbocycles. The molecule has 3 heteroatoms. The zero-order valence-corrected chi connectivity index (χ0v) is 17.0. The number of hydrogen-bond acceptors (Lipinski definition) is 3. The molecule has 148 valence electrons. The van der Waals surface area contributed by atoms with Gasteiger partial charge in [-0.3, -0.25) is 9.74 Å². The molecule has 3 nitrogen and oxygen atoms in total. The van der Waals surface area contributed by atoms with Gasteiger partial charge in [0.1, 0.15) is 6.17 Å². The molecule has 29 heavy (non-hydrogen) atoms. The van der Waals surface area contributed by atoms with Crippen molar-refractivity contribution >= 4 is 0 Å². The van der Waals surface area contributed by atoms with E-state index in [1.807, 2.05) is 97.1 Å². The van der Waals surface area contributed by atoms with Crippen molar-refractivity contribution in [3.8, 4) is 0 Å². The van der Waals surface area contributed by atoms with Gasteiger partial charge >= 0.3 is 0 Å². The average Bonchev–Trinajstić information content (AvgIpc) is 3.01. The Kier molecular flexibility index (Phi) is 7.96. The lowest BCUT2D eigenvalue weighted by Gasteiger charge is -2.24. The summed E-state index contributed by atoms with van der Waals surface area (Å²) in [5.41, 5.74) is 2.25. The van der Waals surface area contributed by atoms with Crippen molar-refractivity contribution in [1.82, 2.24) is 9.96 Å². The normalized spacial score (nSPS) is 22.6. The minimum Gasteiger partial charge on any atom is -0.273 e. The van der Waals surface area contributed by atoms with Gasteiger partial charge in [0, 0.05) is 7.05 Å². The first-order chi connectivity index (χ1) is 14.3. The quantitative estimate of drug-likeness (QED) is 0.654. The molecule has 0 bridgehead atoms. The summed E-state index contributed by atoms with van der Waals surface area (Å²) in [6.07, 6.45) is 22.4. The number of hydroxylamine groups is 2. The number of hydrogen-bond donors (Lipinski definition) is 0. The summed E-state index contributed by atoms with van der Waals surface area (Å²) < 4.78 is 0. The van der Waals surface area contributed by atoms with E-state index in [4.69, 9.17) is 4.84 Å². The van der Waals surface area contributed by atoms with Crippen LogP contribution in [-0.4, -0.2) is 30.2 Å². The molecule has 1 fully saturated rings. The van der Waals surface area contributed by atoms with Gasteiger partial charge in [0.05, 0.1) is 0 Å². The molecule has 0 saturated carbocycles. The Bertz CT molecular complexity index is 881. The van der Waals surface area contributed by atoms with E-state index >= 15 is 0 Å².